The number of hydrogen-bond donors (Lipinski definition) is 2. The van der Waals surface area contributed by atoms with Crippen LogP contribution < -0.4 is 5.32 Å². The first-order valence-corrected chi connectivity index (χ1v) is 7.22. The van der Waals surface area contributed by atoms with E-state index in [1.54, 1.807) is 0 Å². The van der Waals surface area contributed by atoms with Crippen molar-refractivity contribution in [3.63, 3.8) is 0 Å². The molecule has 7 nitrogen and oxygen atoms in total. The van der Waals surface area contributed by atoms with Gasteiger partial charge >= 0.3 is 0 Å². The Morgan fingerprint density at radius 1 is 1.30 bits per heavy atom. The predicted molar refractivity (Wildman–Crippen MR) is 71.1 cm³/mol. The number of hydrogen-bond acceptors (Lipinski definition) is 4. The van der Waals surface area contributed by atoms with Crippen LogP contribution in [0.3, 0.4) is 0 Å². The highest BCUT2D eigenvalue weighted by Crippen LogP contribution is 2.37. The summed E-state index contributed by atoms with van der Waals surface area (Å²) in [7, 11) is 0. The lowest BCUT2D eigenvalue weighted by molar-refractivity contribution is -0.129. The molecule has 108 valence electrons. The van der Waals surface area contributed by atoms with Gasteiger partial charge in [0.05, 0.1) is 0 Å². The molecule has 0 radical (unpaired) electrons. The van der Waals surface area contributed by atoms with Crippen molar-refractivity contribution in [1.82, 2.24) is 25.4 Å². The fourth-order valence-corrected chi connectivity index (χ4v) is 2.40. The van der Waals surface area contributed by atoms with Crippen molar-refractivity contribution in [3.8, 4) is 0 Å². The van der Waals surface area contributed by atoms with Gasteiger partial charge in [-0.15, -0.1) is 5.10 Å². The Kier molecular flexibility index (Phi) is 3.66. The third-order valence-corrected chi connectivity index (χ3v) is 3.75. The molecule has 1 saturated carbocycles. The summed E-state index contributed by atoms with van der Waals surface area (Å²) in [6, 6.07) is 0. The van der Waals surface area contributed by atoms with E-state index in [0.29, 0.717) is 18.9 Å². The second kappa shape index (κ2) is 5.60. The highest BCUT2D eigenvalue weighted by Gasteiger charge is 2.28. The maximum absolute atomic E-state index is 11.8. The van der Waals surface area contributed by atoms with E-state index in [-0.39, 0.29) is 17.6 Å². The van der Waals surface area contributed by atoms with Crippen molar-refractivity contribution in [2.24, 2.45) is 0 Å². The van der Waals surface area contributed by atoms with E-state index in [2.05, 4.69) is 20.5 Å². The topological polar surface area (TPSA) is 91.0 Å². The number of nitrogens with one attached hydrogen (secondary N) is 2. The third-order valence-electron chi connectivity index (χ3n) is 3.75. The molecule has 1 aliphatic heterocycles. The van der Waals surface area contributed by atoms with Crippen molar-refractivity contribution in [1.29, 1.82) is 0 Å². The monoisotopic (exact) mass is 277 g/mol. The molecule has 0 unspecified atom stereocenters. The lowest BCUT2D eigenvalue weighted by Gasteiger charge is -2.14. The standard InChI is InChI=1S/C13H19N5O2/c19-10(18-7-1-2-8-18)5-6-14-13(20)12-15-11(16-17-12)9-3-4-9/h9H,1-8H2,(H,14,20)(H,15,16,17). The highest BCUT2D eigenvalue weighted by molar-refractivity contribution is 5.90. The van der Waals surface area contributed by atoms with E-state index >= 15 is 0 Å². The summed E-state index contributed by atoms with van der Waals surface area (Å²) in [5.74, 6) is 1.20. The Bertz CT molecular complexity index is 503. The Labute approximate surface area is 117 Å². The van der Waals surface area contributed by atoms with Crippen LogP contribution in [0, 0.1) is 0 Å². The molecular weight excluding hydrogens is 258 g/mol. The molecule has 2 N–H and O–H groups in total. The molecule has 0 spiro atoms. The average Bonchev–Trinajstić information content (AvgIpc) is 2.97. The first-order valence-electron chi connectivity index (χ1n) is 7.22. The lowest BCUT2D eigenvalue weighted by Crippen LogP contribution is -2.33. The molecule has 2 amide bonds. The maximum atomic E-state index is 11.8. The van der Waals surface area contributed by atoms with Crippen LogP contribution in [0.4, 0.5) is 0 Å². The zero-order valence-corrected chi connectivity index (χ0v) is 11.4. The Balaban J connectivity index is 1.42. The third kappa shape index (κ3) is 2.97. The first-order chi connectivity index (χ1) is 9.74. The molecule has 2 fully saturated rings. The summed E-state index contributed by atoms with van der Waals surface area (Å²) in [6.07, 6.45) is 4.73. The summed E-state index contributed by atoms with van der Waals surface area (Å²) in [5, 5.41) is 9.40. The lowest BCUT2D eigenvalue weighted by atomic mass is 10.3. The Morgan fingerprint density at radius 2 is 2.05 bits per heavy atom. The van der Waals surface area contributed by atoms with Gasteiger partial charge in [-0.2, -0.15) is 0 Å². The minimum Gasteiger partial charge on any atom is -0.349 e. The van der Waals surface area contributed by atoms with Crippen LogP contribution in [0.1, 0.15) is 54.5 Å². The van der Waals surface area contributed by atoms with Crippen molar-refractivity contribution >= 4 is 11.8 Å². The predicted octanol–water partition coefficient (Wildman–Crippen LogP) is 0.424. The molecular formula is C13H19N5O2. The van der Waals surface area contributed by atoms with Crippen molar-refractivity contribution in [2.75, 3.05) is 19.6 Å². The Hall–Kier alpha value is -1.92. The SMILES string of the molecule is O=C(NCCC(=O)N1CCCC1)c1n[nH]c(C2CC2)n1. The van der Waals surface area contributed by atoms with Crippen LogP contribution in [-0.2, 0) is 4.79 Å². The number of H-pyrrole nitrogens is 1. The zero-order valence-electron chi connectivity index (χ0n) is 11.4. The van der Waals surface area contributed by atoms with E-state index in [9.17, 15) is 9.59 Å². The molecule has 1 aromatic heterocycles. The summed E-state index contributed by atoms with van der Waals surface area (Å²) < 4.78 is 0. The second-order valence-electron chi connectivity index (χ2n) is 5.41. The van der Waals surface area contributed by atoms with Gasteiger partial charge in [-0.05, 0) is 25.7 Å². The first kappa shape index (κ1) is 13.1. The van der Waals surface area contributed by atoms with E-state index in [4.69, 9.17) is 0 Å². The summed E-state index contributed by atoms with van der Waals surface area (Å²) in [4.78, 5) is 29.6. The number of carbonyl (C=O) groups excluding carboxylic acids is 2. The normalized spacial score (nSPS) is 18.3. The largest absolute Gasteiger partial charge is 0.349 e. The molecule has 1 saturated heterocycles. The van der Waals surface area contributed by atoms with Crippen molar-refractivity contribution < 1.29 is 9.59 Å². The zero-order chi connectivity index (χ0) is 13.9. The molecule has 2 heterocycles. The van der Waals surface area contributed by atoms with Gasteiger partial charge in [0.15, 0.2) is 0 Å². The van der Waals surface area contributed by atoms with Gasteiger partial charge in [0.1, 0.15) is 5.82 Å². The van der Waals surface area contributed by atoms with E-state index in [1.807, 2.05) is 4.90 Å². The van der Waals surface area contributed by atoms with Gasteiger partial charge < -0.3 is 10.2 Å². The number of nitrogens with zero attached hydrogens (tertiary/aromatic N) is 3. The van der Waals surface area contributed by atoms with Gasteiger partial charge in [0.2, 0.25) is 11.7 Å². The average molecular weight is 277 g/mol. The van der Waals surface area contributed by atoms with Crippen LogP contribution in [0.25, 0.3) is 0 Å². The number of rotatable bonds is 5. The number of aromatic amines is 1. The van der Waals surface area contributed by atoms with Gasteiger partial charge in [0, 0.05) is 32.0 Å². The smallest absolute Gasteiger partial charge is 0.290 e. The summed E-state index contributed by atoms with van der Waals surface area (Å²) >= 11 is 0. The molecule has 0 atom stereocenters. The number of aromatic nitrogens is 3. The maximum Gasteiger partial charge on any atom is 0.290 e. The van der Waals surface area contributed by atoms with Crippen LogP contribution in [-0.4, -0.2) is 51.5 Å². The van der Waals surface area contributed by atoms with E-state index in [0.717, 1.165) is 44.6 Å². The fraction of sp³-hybridized carbons (Fsp3) is 0.692. The number of carbonyl (C=O) groups is 2. The second-order valence-corrected chi connectivity index (χ2v) is 5.41. The van der Waals surface area contributed by atoms with E-state index in [1.165, 1.54) is 0 Å². The van der Waals surface area contributed by atoms with Crippen LogP contribution in [0.15, 0.2) is 0 Å². The highest BCUT2D eigenvalue weighted by atomic mass is 16.2. The van der Waals surface area contributed by atoms with Crippen molar-refractivity contribution in [3.05, 3.63) is 11.6 Å². The summed E-state index contributed by atoms with van der Waals surface area (Å²) in [6.45, 7) is 2.03. The number of likely N-dealkylation sites (tertiary alicyclic amines) is 1. The number of amides is 2. The van der Waals surface area contributed by atoms with Gasteiger partial charge in [-0.3, -0.25) is 14.7 Å². The molecule has 3 rings (SSSR count). The molecule has 7 heteroatoms. The molecule has 1 aromatic rings. The van der Waals surface area contributed by atoms with Crippen LogP contribution >= 0.6 is 0 Å². The molecule has 0 aromatic carbocycles. The fourth-order valence-electron chi connectivity index (χ4n) is 2.40. The minimum absolute atomic E-state index is 0.108. The Morgan fingerprint density at radius 3 is 2.75 bits per heavy atom. The molecule has 20 heavy (non-hydrogen) atoms. The van der Waals surface area contributed by atoms with Crippen molar-refractivity contribution in [2.45, 2.75) is 38.0 Å². The molecule has 2 aliphatic rings. The minimum atomic E-state index is -0.317. The van der Waals surface area contributed by atoms with Crippen LogP contribution in [0.5, 0.6) is 0 Å². The van der Waals surface area contributed by atoms with Gasteiger partial charge in [-0.1, -0.05) is 0 Å². The molecule has 0 bridgehead atoms. The summed E-state index contributed by atoms with van der Waals surface area (Å²) in [5.41, 5.74) is 0. The quantitative estimate of drug-likeness (QED) is 0.816. The van der Waals surface area contributed by atoms with E-state index < -0.39 is 0 Å². The van der Waals surface area contributed by atoms with Gasteiger partial charge in [-0.25, -0.2) is 4.98 Å². The molecule has 1 aliphatic carbocycles. The van der Waals surface area contributed by atoms with Gasteiger partial charge in [0.25, 0.3) is 5.91 Å². The van der Waals surface area contributed by atoms with Crippen LogP contribution in [0.2, 0.25) is 0 Å².